The van der Waals surface area contributed by atoms with Crippen molar-refractivity contribution in [3.05, 3.63) is 46.6 Å². The number of carboxylic acid groups (broad SMARTS) is 1. The highest BCUT2D eigenvalue weighted by atomic mass is 79.9. The minimum Gasteiger partial charge on any atom is -0.478 e. The molecular formula is C14H13BrN2O2. The SMILES string of the molecule is CN(C)c1nccc(-c2cccc(Br)c2)c1C(=O)O. The highest BCUT2D eigenvalue weighted by Gasteiger charge is 2.19. The van der Waals surface area contributed by atoms with E-state index in [-0.39, 0.29) is 5.56 Å². The Morgan fingerprint density at radius 1 is 1.32 bits per heavy atom. The Hall–Kier alpha value is -1.88. The lowest BCUT2D eigenvalue weighted by atomic mass is 10.0. The second kappa shape index (κ2) is 5.40. The van der Waals surface area contributed by atoms with Gasteiger partial charge in [-0.3, -0.25) is 0 Å². The first kappa shape index (κ1) is 13.5. The molecule has 0 radical (unpaired) electrons. The third-order valence-corrected chi connectivity index (χ3v) is 3.20. The summed E-state index contributed by atoms with van der Waals surface area (Å²) in [5.41, 5.74) is 1.72. The second-order valence-electron chi connectivity index (χ2n) is 4.27. The van der Waals surface area contributed by atoms with Crippen LogP contribution in [0, 0.1) is 0 Å². The Morgan fingerprint density at radius 3 is 2.63 bits per heavy atom. The lowest BCUT2D eigenvalue weighted by Crippen LogP contribution is -2.16. The number of carbonyl (C=O) groups is 1. The predicted molar refractivity (Wildman–Crippen MR) is 78.7 cm³/mol. The molecule has 4 nitrogen and oxygen atoms in total. The molecule has 0 atom stereocenters. The van der Waals surface area contributed by atoms with Crippen molar-refractivity contribution in [2.75, 3.05) is 19.0 Å². The Kier molecular flexibility index (Phi) is 3.85. The molecule has 2 aromatic rings. The number of pyridine rings is 1. The number of carboxylic acids is 1. The fraction of sp³-hybridized carbons (Fsp3) is 0.143. The molecule has 0 fully saturated rings. The summed E-state index contributed by atoms with van der Waals surface area (Å²) in [7, 11) is 3.55. The van der Waals surface area contributed by atoms with E-state index in [1.807, 2.05) is 24.3 Å². The molecule has 1 aromatic heterocycles. The third-order valence-electron chi connectivity index (χ3n) is 2.70. The fourth-order valence-electron chi connectivity index (χ4n) is 1.90. The molecule has 0 spiro atoms. The number of halogens is 1. The molecule has 19 heavy (non-hydrogen) atoms. The summed E-state index contributed by atoms with van der Waals surface area (Å²) in [6.07, 6.45) is 1.62. The molecule has 98 valence electrons. The molecule has 1 heterocycles. The van der Waals surface area contributed by atoms with E-state index in [4.69, 9.17) is 0 Å². The van der Waals surface area contributed by atoms with E-state index in [1.54, 1.807) is 31.3 Å². The highest BCUT2D eigenvalue weighted by molar-refractivity contribution is 9.10. The van der Waals surface area contributed by atoms with Gasteiger partial charge < -0.3 is 10.0 Å². The van der Waals surface area contributed by atoms with Crippen molar-refractivity contribution in [3.8, 4) is 11.1 Å². The van der Waals surface area contributed by atoms with Crippen molar-refractivity contribution in [3.63, 3.8) is 0 Å². The first-order valence-corrected chi connectivity index (χ1v) is 6.45. The monoisotopic (exact) mass is 320 g/mol. The molecule has 1 aromatic carbocycles. The van der Waals surface area contributed by atoms with Gasteiger partial charge in [-0.2, -0.15) is 0 Å². The lowest BCUT2D eigenvalue weighted by Gasteiger charge is -2.16. The fourth-order valence-corrected chi connectivity index (χ4v) is 2.30. The Balaban J connectivity index is 2.70. The number of aromatic carboxylic acids is 1. The molecule has 5 heteroatoms. The predicted octanol–water partition coefficient (Wildman–Crippen LogP) is 3.28. The Bertz CT molecular complexity index is 627. The van der Waals surface area contributed by atoms with Crippen LogP contribution < -0.4 is 4.90 Å². The van der Waals surface area contributed by atoms with Crippen molar-refractivity contribution >= 4 is 27.7 Å². The lowest BCUT2D eigenvalue weighted by molar-refractivity contribution is 0.0698. The van der Waals surface area contributed by atoms with Crippen LogP contribution in [0.2, 0.25) is 0 Å². The topological polar surface area (TPSA) is 53.4 Å². The molecule has 0 amide bonds. The van der Waals surface area contributed by atoms with Crippen molar-refractivity contribution in [2.45, 2.75) is 0 Å². The normalized spacial score (nSPS) is 10.3. The number of nitrogens with zero attached hydrogens (tertiary/aromatic N) is 2. The summed E-state index contributed by atoms with van der Waals surface area (Å²) >= 11 is 3.40. The van der Waals surface area contributed by atoms with E-state index >= 15 is 0 Å². The smallest absolute Gasteiger partial charge is 0.340 e. The average Bonchev–Trinajstić information content (AvgIpc) is 2.37. The van der Waals surface area contributed by atoms with Gasteiger partial charge in [0.2, 0.25) is 0 Å². The summed E-state index contributed by atoms with van der Waals surface area (Å²) in [5.74, 6) is -0.531. The van der Waals surface area contributed by atoms with Gasteiger partial charge in [-0.05, 0) is 23.8 Å². The molecule has 0 aliphatic carbocycles. The van der Waals surface area contributed by atoms with E-state index in [9.17, 15) is 9.90 Å². The van der Waals surface area contributed by atoms with Gasteiger partial charge in [-0.15, -0.1) is 0 Å². The van der Waals surface area contributed by atoms with Gasteiger partial charge in [0.05, 0.1) is 0 Å². The van der Waals surface area contributed by atoms with Gasteiger partial charge in [0.15, 0.2) is 0 Å². The molecule has 0 aliphatic rings. The maximum atomic E-state index is 11.5. The van der Waals surface area contributed by atoms with E-state index in [2.05, 4.69) is 20.9 Å². The van der Waals surface area contributed by atoms with Gasteiger partial charge in [0.25, 0.3) is 0 Å². The van der Waals surface area contributed by atoms with Crippen molar-refractivity contribution < 1.29 is 9.90 Å². The standard InChI is InChI=1S/C14H13BrN2O2/c1-17(2)13-12(14(18)19)11(6-7-16-13)9-4-3-5-10(15)8-9/h3-8H,1-2H3,(H,18,19). The van der Waals surface area contributed by atoms with Crippen LogP contribution in [0.25, 0.3) is 11.1 Å². The number of benzene rings is 1. The zero-order valence-corrected chi connectivity index (χ0v) is 12.2. The van der Waals surface area contributed by atoms with Gasteiger partial charge in [0, 0.05) is 30.3 Å². The van der Waals surface area contributed by atoms with E-state index in [0.717, 1.165) is 10.0 Å². The maximum Gasteiger partial charge on any atom is 0.340 e. The second-order valence-corrected chi connectivity index (χ2v) is 5.18. The average molecular weight is 321 g/mol. The van der Waals surface area contributed by atoms with E-state index in [1.165, 1.54) is 0 Å². The summed E-state index contributed by atoms with van der Waals surface area (Å²) < 4.78 is 0.907. The number of hydrogen-bond donors (Lipinski definition) is 1. The number of rotatable bonds is 3. The quantitative estimate of drug-likeness (QED) is 0.943. The number of aromatic nitrogens is 1. The third kappa shape index (κ3) is 2.76. The Morgan fingerprint density at radius 2 is 2.05 bits per heavy atom. The first-order chi connectivity index (χ1) is 9.00. The minimum absolute atomic E-state index is 0.214. The van der Waals surface area contributed by atoms with Crippen LogP contribution >= 0.6 is 15.9 Å². The van der Waals surface area contributed by atoms with Gasteiger partial charge in [0.1, 0.15) is 11.4 Å². The van der Waals surface area contributed by atoms with Gasteiger partial charge in [-0.1, -0.05) is 28.1 Å². The van der Waals surface area contributed by atoms with Crippen molar-refractivity contribution in [2.24, 2.45) is 0 Å². The van der Waals surface area contributed by atoms with Crippen LogP contribution in [0.4, 0.5) is 5.82 Å². The largest absolute Gasteiger partial charge is 0.478 e. The molecule has 0 bridgehead atoms. The molecular weight excluding hydrogens is 308 g/mol. The minimum atomic E-state index is -0.980. The molecule has 0 saturated carbocycles. The van der Waals surface area contributed by atoms with Crippen LogP contribution in [0.1, 0.15) is 10.4 Å². The molecule has 2 rings (SSSR count). The summed E-state index contributed by atoms with van der Waals surface area (Å²) in [6, 6.07) is 9.27. The molecule has 0 unspecified atom stereocenters. The van der Waals surface area contributed by atoms with Crippen LogP contribution in [0.5, 0.6) is 0 Å². The summed E-state index contributed by atoms with van der Waals surface area (Å²) in [4.78, 5) is 17.4. The Labute approximate surface area is 119 Å². The van der Waals surface area contributed by atoms with Crippen LogP contribution in [-0.4, -0.2) is 30.2 Å². The van der Waals surface area contributed by atoms with Crippen molar-refractivity contribution in [1.82, 2.24) is 4.98 Å². The van der Waals surface area contributed by atoms with E-state index < -0.39 is 5.97 Å². The molecule has 0 aliphatic heterocycles. The zero-order valence-electron chi connectivity index (χ0n) is 10.6. The highest BCUT2D eigenvalue weighted by Crippen LogP contribution is 2.30. The maximum absolute atomic E-state index is 11.5. The van der Waals surface area contributed by atoms with Gasteiger partial charge in [-0.25, -0.2) is 9.78 Å². The first-order valence-electron chi connectivity index (χ1n) is 5.66. The van der Waals surface area contributed by atoms with Crippen LogP contribution in [-0.2, 0) is 0 Å². The number of anilines is 1. The molecule has 1 N–H and O–H groups in total. The zero-order chi connectivity index (χ0) is 14.0. The molecule has 0 saturated heterocycles. The van der Waals surface area contributed by atoms with E-state index in [0.29, 0.717) is 11.4 Å². The van der Waals surface area contributed by atoms with Gasteiger partial charge >= 0.3 is 5.97 Å². The summed E-state index contributed by atoms with van der Waals surface area (Å²) in [5, 5.41) is 9.45. The van der Waals surface area contributed by atoms with Crippen LogP contribution in [0.3, 0.4) is 0 Å². The number of hydrogen-bond acceptors (Lipinski definition) is 3. The van der Waals surface area contributed by atoms with Crippen molar-refractivity contribution in [1.29, 1.82) is 0 Å². The summed E-state index contributed by atoms with van der Waals surface area (Å²) in [6.45, 7) is 0. The van der Waals surface area contributed by atoms with Crippen LogP contribution in [0.15, 0.2) is 41.0 Å².